The average Bonchev–Trinajstić information content (AvgIpc) is 3.19. The number of nitrogens with one attached hydrogen (secondary N) is 3. The van der Waals surface area contributed by atoms with Crippen molar-refractivity contribution in [2.45, 2.75) is 32.1 Å². The monoisotopic (exact) mass is 341 g/mol. The van der Waals surface area contributed by atoms with Crippen molar-refractivity contribution in [3.05, 3.63) is 29.8 Å². The van der Waals surface area contributed by atoms with Crippen molar-refractivity contribution >= 4 is 23.4 Å². The van der Waals surface area contributed by atoms with E-state index in [1.807, 2.05) is 24.3 Å². The maximum Gasteiger partial charge on any atom is 0.230 e. The molecule has 1 spiro atoms. The highest BCUT2D eigenvalue weighted by molar-refractivity contribution is 6.03. The predicted molar refractivity (Wildman–Crippen MR) is 92.7 cm³/mol. The molecule has 3 fully saturated rings. The third kappa shape index (κ3) is 3.31. The number of amides is 3. The smallest absolute Gasteiger partial charge is 0.230 e. The second kappa shape index (κ2) is 6.26. The number of piperidine rings is 1. The maximum absolute atomic E-state index is 12.5. The molecule has 2 unspecified atom stereocenters. The van der Waals surface area contributed by atoms with Gasteiger partial charge in [-0.25, -0.2) is 0 Å². The summed E-state index contributed by atoms with van der Waals surface area (Å²) in [5.74, 6) is -0.407. The van der Waals surface area contributed by atoms with Gasteiger partial charge in [0.05, 0.1) is 5.92 Å². The van der Waals surface area contributed by atoms with Crippen LogP contribution in [0.2, 0.25) is 0 Å². The van der Waals surface area contributed by atoms with E-state index >= 15 is 0 Å². The SMILES string of the molecule is O=C1CC(Cc2ccc(NC(=O)C3CC34CCNCC4)cc2)C(=O)N1. The first kappa shape index (κ1) is 16.3. The minimum absolute atomic E-state index is 0.121. The number of benzene rings is 1. The lowest BCUT2D eigenvalue weighted by Gasteiger charge is -2.23. The van der Waals surface area contributed by atoms with Crippen molar-refractivity contribution in [3.63, 3.8) is 0 Å². The van der Waals surface area contributed by atoms with E-state index in [4.69, 9.17) is 0 Å². The molecule has 0 aromatic heterocycles. The highest BCUT2D eigenvalue weighted by atomic mass is 16.2. The van der Waals surface area contributed by atoms with Gasteiger partial charge in [0.2, 0.25) is 17.7 Å². The van der Waals surface area contributed by atoms with Gasteiger partial charge in [-0.1, -0.05) is 12.1 Å². The van der Waals surface area contributed by atoms with Gasteiger partial charge in [0.25, 0.3) is 0 Å². The number of carbonyl (C=O) groups is 3. The lowest BCUT2D eigenvalue weighted by Crippen LogP contribution is -2.31. The Labute approximate surface area is 146 Å². The molecule has 2 heterocycles. The van der Waals surface area contributed by atoms with Crippen molar-refractivity contribution in [2.75, 3.05) is 18.4 Å². The molecule has 3 aliphatic rings. The average molecular weight is 341 g/mol. The van der Waals surface area contributed by atoms with Crippen molar-refractivity contribution < 1.29 is 14.4 Å². The minimum atomic E-state index is -0.279. The van der Waals surface area contributed by atoms with Gasteiger partial charge in [-0.2, -0.15) is 0 Å². The maximum atomic E-state index is 12.5. The molecule has 6 nitrogen and oxygen atoms in total. The molecule has 132 valence electrons. The standard InChI is InChI=1S/C19H23N3O3/c23-16-10-13(17(24)22-16)9-12-1-3-14(4-2-12)21-18(25)15-11-19(15)5-7-20-8-6-19/h1-4,13,15,20H,5-11H2,(H,21,25)(H,22,23,24). The van der Waals surface area contributed by atoms with Crippen molar-refractivity contribution in [2.24, 2.45) is 17.3 Å². The lowest BCUT2D eigenvalue weighted by atomic mass is 9.91. The molecule has 6 heteroatoms. The Bertz CT molecular complexity index is 707. The van der Waals surface area contributed by atoms with Crippen molar-refractivity contribution in [1.82, 2.24) is 10.6 Å². The summed E-state index contributed by atoms with van der Waals surface area (Å²) in [6.45, 7) is 2.02. The molecule has 2 aliphatic heterocycles. The van der Waals surface area contributed by atoms with E-state index in [-0.39, 0.29) is 41.4 Å². The van der Waals surface area contributed by atoms with Crippen LogP contribution in [0.3, 0.4) is 0 Å². The molecule has 25 heavy (non-hydrogen) atoms. The van der Waals surface area contributed by atoms with Gasteiger partial charge in [-0.05, 0) is 61.9 Å². The number of anilines is 1. The normalized spacial score (nSPS) is 27.2. The summed E-state index contributed by atoms with van der Waals surface area (Å²) in [5.41, 5.74) is 2.02. The van der Waals surface area contributed by atoms with Crippen LogP contribution in [0.5, 0.6) is 0 Å². The minimum Gasteiger partial charge on any atom is -0.326 e. The zero-order valence-electron chi connectivity index (χ0n) is 14.1. The van der Waals surface area contributed by atoms with Gasteiger partial charge < -0.3 is 10.6 Å². The zero-order chi connectivity index (χ0) is 17.4. The summed E-state index contributed by atoms with van der Waals surface area (Å²) >= 11 is 0. The van der Waals surface area contributed by atoms with E-state index in [1.165, 1.54) is 0 Å². The van der Waals surface area contributed by atoms with Crippen LogP contribution >= 0.6 is 0 Å². The third-order valence-corrected chi connectivity index (χ3v) is 5.87. The Morgan fingerprint density at radius 2 is 1.88 bits per heavy atom. The van der Waals surface area contributed by atoms with E-state index < -0.39 is 0 Å². The Morgan fingerprint density at radius 3 is 2.52 bits per heavy atom. The molecule has 2 saturated heterocycles. The van der Waals surface area contributed by atoms with Crippen LogP contribution in [-0.4, -0.2) is 30.8 Å². The van der Waals surface area contributed by atoms with Gasteiger partial charge in [0.1, 0.15) is 0 Å². The molecule has 2 atom stereocenters. The van der Waals surface area contributed by atoms with Crippen LogP contribution in [0.1, 0.15) is 31.2 Å². The van der Waals surface area contributed by atoms with Crippen LogP contribution < -0.4 is 16.0 Å². The van der Waals surface area contributed by atoms with Crippen LogP contribution in [0, 0.1) is 17.3 Å². The largest absolute Gasteiger partial charge is 0.326 e. The highest BCUT2D eigenvalue weighted by Crippen LogP contribution is 2.58. The summed E-state index contributed by atoms with van der Waals surface area (Å²) in [7, 11) is 0. The van der Waals surface area contributed by atoms with Crippen LogP contribution in [0.15, 0.2) is 24.3 Å². The molecule has 1 aliphatic carbocycles. The molecule has 1 aromatic carbocycles. The Balaban J connectivity index is 1.32. The second-order valence-corrected chi connectivity index (χ2v) is 7.57. The summed E-state index contributed by atoms with van der Waals surface area (Å²) in [4.78, 5) is 35.4. The molecular weight excluding hydrogens is 318 g/mol. The zero-order valence-corrected chi connectivity index (χ0v) is 14.1. The molecule has 4 rings (SSSR count). The van der Waals surface area contributed by atoms with Crippen LogP contribution in [-0.2, 0) is 20.8 Å². The fourth-order valence-corrected chi connectivity index (χ4v) is 4.21. The molecule has 0 radical (unpaired) electrons. The third-order valence-electron chi connectivity index (χ3n) is 5.87. The number of hydrogen-bond acceptors (Lipinski definition) is 4. The first-order valence-corrected chi connectivity index (χ1v) is 9.00. The molecule has 1 saturated carbocycles. The predicted octanol–water partition coefficient (Wildman–Crippen LogP) is 1.22. The van der Waals surface area contributed by atoms with E-state index in [2.05, 4.69) is 16.0 Å². The van der Waals surface area contributed by atoms with Gasteiger partial charge >= 0.3 is 0 Å². The highest BCUT2D eigenvalue weighted by Gasteiger charge is 2.57. The summed E-state index contributed by atoms with van der Waals surface area (Å²) < 4.78 is 0. The van der Waals surface area contributed by atoms with Gasteiger partial charge in [-0.15, -0.1) is 0 Å². The van der Waals surface area contributed by atoms with E-state index in [0.717, 1.165) is 43.6 Å². The van der Waals surface area contributed by atoms with Crippen LogP contribution in [0.4, 0.5) is 5.69 Å². The first-order valence-electron chi connectivity index (χ1n) is 9.00. The topological polar surface area (TPSA) is 87.3 Å². The van der Waals surface area contributed by atoms with E-state index in [9.17, 15) is 14.4 Å². The van der Waals surface area contributed by atoms with Gasteiger partial charge in [0, 0.05) is 18.0 Å². The Hall–Kier alpha value is -2.21. The molecule has 0 bridgehead atoms. The fourth-order valence-electron chi connectivity index (χ4n) is 4.21. The van der Waals surface area contributed by atoms with Crippen molar-refractivity contribution in [1.29, 1.82) is 0 Å². The lowest BCUT2D eigenvalue weighted by molar-refractivity contribution is -0.125. The van der Waals surface area contributed by atoms with Crippen LogP contribution in [0.25, 0.3) is 0 Å². The summed E-state index contributed by atoms with van der Waals surface area (Å²) in [6, 6.07) is 7.58. The van der Waals surface area contributed by atoms with Crippen molar-refractivity contribution in [3.8, 4) is 0 Å². The van der Waals surface area contributed by atoms with E-state index in [1.54, 1.807) is 0 Å². The first-order chi connectivity index (χ1) is 12.1. The second-order valence-electron chi connectivity index (χ2n) is 7.57. The van der Waals surface area contributed by atoms with Gasteiger partial charge in [-0.3, -0.25) is 19.7 Å². The Kier molecular flexibility index (Phi) is 4.07. The van der Waals surface area contributed by atoms with E-state index in [0.29, 0.717) is 6.42 Å². The summed E-state index contributed by atoms with van der Waals surface area (Å²) in [6.07, 6.45) is 3.99. The summed E-state index contributed by atoms with van der Waals surface area (Å²) in [5, 5.41) is 8.70. The Morgan fingerprint density at radius 1 is 1.16 bits per heavy atom. The number of carbonyl (C=O) groups excluding carboxylic acids is 3. The molecule has 3 N–H and O–H groups in total. The molecular formula is C19H23N3O3. The number of hydrogen-bond donors (Lipinski definition) is 3. The molecule has 3 amide bonds. The number of imide groups is 1. The molecule has 1 aromatic rings. The fraction of sp³-hybridized carbons (Fsp3) is 0.526. The quantitative estimate of drug-likeness (QED) is 0.719. The number of rotatable bonds is 4. The van der Waals surface area contributed by atoms with Gasteiger partial charge in [0.15, 0.2) is 0 Å².